The molecule has 1 aliphatic rings. The molecule has 144 valence electrons. The summed E-state index contributed by atoms with van der Waals surface area (Å²) in [5, 5.41) is 0. The van der Waals surface area contributed by atoms with Crippen LogP contribution in [0.3, 0.4) is 0 Å². The minimum absolute atomic E-state index is 0.210. The molecule has 0 aliphatic carbocycles. The Labute approximate surface area is 174 Å². The van der Waals surface area contributed by atoms with Crippen LogP contribution in [0.15, 0.2) is 88.2 Å². The van der Waals surface area contributed by atoms with E-state index in [4.69, 9.17) is 4.74 Å². The van der Waals surface area contributed by atoms with Gasteiger partial charge in [0.05, 0.1) is 6.04 Å². The predicted molar refractivity (Wildman–Crippen MR) is 113 cm³/mol. The summed E-state index contributed by atoms with van der Waals surface area (Å²) in [6.45, 7) is 0.601. The van der Waals surface area contributed by atoms with Gasteiger partial charge in [-0.05, 0) is 35.7 Å². The molecule has 0 radical (unpaired) electrons. The first-order valence-electron chi connectivity index (χ1n) is 9.06. The molecular weight excluding hydrogens is 438 g/mol. The quantitative estimate of drug-likeness (QED) is 0.572. The molecule has 0 spiro atoms. The Bertz CT molecular complexity index is 1060. The van der Waals surface area contributed by atoms with Crippen LogP contribution in [0.2, 0.25) is 0 Å². The van der Waals surface area contributed by atoms with E-state index in [1.165, 1.54) is 0 Å². The smallest absolute Gasteiger partial charge is 0.247 e. The van der Waals surface area contributed by atoms with Crippen molar-refractivity contribution in [2.24, 2.45) is 0 Å². The molecular formula is C22H20BrNO3S. The Morgan fingerprint density at radius 3 is 2.25 bits per heavy atom. The van der Waals surface area contributed by atoms with Crippen molar-refractivity contribution in [1.29, 1.82) is 0 Å². The highest BCUT2D eigenvalue weighted by Gasteiger charge is 2.37. The summed E-state index contributed by atoms with van der Waals surface area (Å²) < 4.78 is 35.5. The molecule has 1 heterocycles. The van der Waals surface area contributed by atoms with Crippen LogP contribution in [-0.2, 0) is 23.0 Å². The maximum Gasteiger partial charge on any atom is 0.247 e. The van der Waals surface area contributed by atoms with Crippen LogP contribution < -0.4 is 4.74 Å². The van der Waals surface area contributed by atoms with Gasteiger partial charge in [0.1, 0.15) is 17.3 Å². The lowest BCUT2D eigenvalue weighted by atomic mass is 10.1. The lowest BCUT2D eigenvalue weighted by Crippen LogP contribution is -2.42. The second-order valence-corrected chi connectivity index (χ2v) is 9.56. The fraction of sp³-hybridized carbons (Fsp3) is 0.182. The summed E-state index contributed by atoms with van der Waals surface area (Å²) in [5.41, 5.74) is 2.03. The molecule has 0 unspecified atom stereocenters. The molecule has 6 heteroatoms. The van der Waals surface area contributed by atoms with E-state index in [-0.39, 0.29) is 10.9 Å². The first kappa shape index (κ1) is 19.2. The zero-order valence-corrected chi connectivity index (χ0v) is 17.6. The van der Waals surface area contributed by atoms with E-state index in [0.717, 1.165) is 15.6 Å². The molecule has 0 bridgehead atoms. The minimum Gasteiger partial charge on any atom is -0.490 e. The van der Waals surface area contributed by atoms with Gasteiger partial charge in [-0.25, -0.2) is 8.42 Å². The molecule has 4 rings (SSSR count). The maximum absolute atomic E-state index is 13.6. The highest BCUT2D eigenvalue weighted by Crippen LogP contribution is 2.35. The van der Waals surface area contributed by atoms with Gasteiger partial charge in [-0.3, -0.25) is 0 Å². The third-order valence-corrected chi connectivity index (χ3v) is 7.26. The highest BCUT2D eigenvalue weighted by molar-refractivity contribution is 9.10. The standard InChI is InChI=1S/C22H20BrNO3S/c23-19-11-12-22-21(14-19)27-16-20(13-17-7-3-1-4-8-17)24(28(22,25)26)15-18-9-5-2-6-10-18/h1-12,14,20H,13,15-16H2/t20-/m0/s1. The monoisotopic (exact) mass is 457 g/mol. The molecule has 0 N–H and O–H groups in total. The van der Waals surface area contributed by atoms with E-state index in [9.17, 15) is 8.42 Å². The van der Waals surface area contributed by atoms with Crippen molar-refractivity contribution in [2.45, 2.75) is 23.9 Å². The Hall–Kier alpha value is -2.15. The first-order valence-corrected chi connectivity index (χ1v) is 11.3. The summed E-state index contributed by atoms with van der Waals surface area (Å²) in [7, 11) is -3.72. The van der Waals surface area contributed by atoms with Crippen LogP contribution in [0, 0.1) is 0 Å². The Kier molecular flexibility index (Phi) is 5.53. The predicted octanol–water partition coefficient (Wildman–Crippen LogP) is 4.64. The van der Waals surface area contributed by atoms with Crippen molar-refractivity contribution in [2.75, 3.05) is 6.61 Å². The summed E-state index contributed by atoms with van der Waals surface area (Å²) in [6, 6.07) is 24.4. The Morgan fingerprint density at radius 1 is 0.929 bits per heavy atom. The van der Waals surface area contributed by atoms with Crippen LogP contribution in [0.4, 0.5) is 0 Å². The Morgan fingerprint density at radius 2 is 1.57 bits per heavy atom. The van der Waals surface area contributed by atoms with Crippen molar-refractivity contribution in [3.05, 3.63) is 94.5 Å². The second kappa shape index (κ2) is 8.07. The normalized spacial score (nSPS) is 18.7. The molecule has 0 aromatic heterocycles. The maximum atomic E-state index is 13.6. The molecule has 1 atom stereocenters. The van der Waals surface area contributed by atoms with Crippen LogP contribution in [-0.4, -0.2) is 25.4 Å². The van der Waals surface area contributed by atoms with Gasteiger partial charge >= 0.3 is 0 Å². The number of halogens is 1. The number of rotatable bonds is 4. The number of ether oxygens (including phenoxy) is 1. The van der Waals surface area contributed by atoms with Crippen molar-refractivity contribution >= 4 is 26.0 Å². The summed E-state index contributed by atoms with van der Waals surface area (Å²) >= 11 is 3.40. The van der Waals surface area contributed by atoms with Gasteiger partial charge in [-0.1, -0.05) is 76.6 Å². The van der Waals surface area contributed by atoms with Crippen LogP contribution in [0.5, 0.6) is 5.75 Å². The average Bonchev–Trinajstić information content (AvgIpc) is 2.79. The van der Waals surface area contributed by atoms with E-state index in [0.29, 0.717) is 25.3 Å². The molecule has 3 aromatic carbocycles. The van der Waals surface area contributed by atoms with E-state index < -0.39 is 10.0 Å². The molecule has 0 saturated carbocycles. The van der Waals surface area contributed by atoms with Crippen LogP contribution in [0.25, 0.3) is 0 Å². The second-order valence-electron chi connectivity index (χ2n) is 6.78. The third-order valence-electron chi connectivity index (χ3n) is 4.83. The third kappa shape index (κ3) is 3.99. The zero-order chi connectivity index (χ0) is 19.6. The average molecular weight is 458 g/mol. The van der Waals surface area contributed by atoms with Gasteiger partial charge in [0.2, 0.25) is 10.0 Å². The van der Waals surface area contributed by atoms with Gasteiger partial charge in [0, 0.05) is 11.0 Å². The SMILES string of the molecule is O=S1(=O)c2ccc(Br)cc2OC[C@H](Cc2ccccc2)N1Cc1ccccc1. The van der Waals surface area contributed by atoms with Crippen LogP contribution in [0.1, 0.15) is 11.1 Å². The fourth-order valence-electron chi connectivity index (χ4n) is 3.42. The molecule has 0 fully saturated rings. The number of benzene rings is 3. The zero-order valence-electron chi connectivity index (χ0n) is 15.2. The first-order chi connectivity index (χ1) is 13.5. The van der Waals surface area contributed by atoms with Crippen molar-refractivity contribution < 1.29 is 13.2 Å². The molecule has 4 nitrogen and oxygen atoms in total. The highest BCUT2D eigenvalue weighted by atomic mass is 79.9. The summed E-state index contributed by atoms with van der Waals surface area (Å²) in [5.74, 6) is 0.392. The van der Waals surface area contributed by atoms with Crippen molar-refractivity contribution in [1.82, 2.24) is 4.31 Å². The molecule has 3 aromatic rings. The topological polar surface area (TPSA) is 46.6 Å². The Balaban J connectivity index is 1.76. The number of sulfonamides is 1. The van der Waals surface area contributed by atoms with E-state index in [2.05, 4.69) is 15.9 Å². The molecule has 1 aliphatic heterocycles. The summed E-state index contributed by atoms with van der Waals surface area (Å²) in [6.07, 6.45) is 0.585. The lowest BCUT2D eigenvalue weighted by molar-refractivity contribution is 0.207. The van der Waals surface area contributed by atoms with Gasteiger partial charge in [0.15, 0.2) is 0 Å². The molecule has 0 saturated heterocycles. The minimum atomic E-state index is -3.72. The fourth-order valence-corrected chi connectivity index (χ4v) is 5.48. The van der Waals surface area contributed by atoms with E-state index in [1.54, 1.807) is 22.5 Å². The van der Waals surface area contributed by atoms with E-state index >= 15 is 0 Å². The lowest BCUT2D eigenvalue weighted by Gasteiger charge is -2.28. The van der Waals surface area contributed by atoms with Gasteiger partial charge in [0.25, 0.3) is 0 Å². The number of hydrogen-bond acceptors (Lipinski definition) is 3. The number of nitrogens with zero attached hydrogens (tertiary/aromatic N) is 1. The molecule has 0 amide bonds. The number of hydrogen-bond donors (Lipinski definition) is 0. The van der Waals surface area contributed by atoms with Gasteiger partial charge in [-0.2, -0.15) is 4.31 Å². The van der Waals surface area contributed by atoms with Gasteiger partial charge < -0.3 is 4.74 Å². The van der Waals surface area contributed by atoms with Crippen LogP contribution >= 0.6 is 15.9 Å². The molecule has 28 heavy (non-hydrogen) atoms. The van der Waals surface area contributed by atoms with Gasteiger partial charge in [-0.15, -0.1) is 0 Å². The number of fused-ring (bicyclic) bond motifs is 1. The van der Waals surface area contributed by atoms with Crippen molar-refractivity contribution in [3.63, 3.8) is 0 Å². The summed E-state index contributed by atoms with van der Waals surface area (Å²) in [4.78, 5) is 0.210. The van der Waals surface area contributed by atoms with Crippen molar-refractivity contribution in [3.8, 4) is 5.75 Å². The largest absolute Gasteiger partial charge is 0.490 e. The van der Waals surface area contributed by atoms with E-state index in [1.807, 2.05) is 60.7 Å².